The van der Waals surface area contributed by atoms with Crippen molar-refractivity contribution in [1.29, 1.82) is 0 Å². The van der Waals surface area contributed by atoms with Crippen LogP contribution >= 0.6 is 0 Å². The summed E-state index contributed by atoms with van der Waals surface area (Å²) in [6, 6.07) is 8.09. The Kier molecular flexibility index (Phi) is 4.46. The fraction of sp³-hybridized carbons (Fsp3) is 0.556. The van der Waals surface area contributed by atoms with Crippen molar-refractivity contribution in [2.45, 2.75) is 51.6 Å². The first-order valence-electron chi connectivity index (χ1n) is 8.29. The molecule has 0 spiro atoms. The summed E-state index contributed by atoms with van der Waals surface area (Å²) in [5.41, 5.74) is 1.78. The Morgan fingerprint density at radius 2 is 1.86 bits per heavy atom. The molecule has 1 saturated carbocycles. The lowest BCUT2D eigenvalue weighted by atomic mass is 9.91. The molecule has 1 heterocycles. The molecule has 1 aromatic carbocycles. The molecule has 2 fully saturated rings. The molecule has 2 amide bonds. The summed E-state index contributed by atoms with van der Waals surface area (Å²) in [5, 5.41) is 2.77. The maximum absolute atomic E-state index is 12.8. The molecular weight excluding hydrogens is 276 g/mol. The van der Waals surface area contributed by atoms with Crippen LogP contribution in [0.2, 0.25) is 0 Å². The molecule has 4 nitrogen and oxygen atoms in total. The van der Waals surface area contributed by atoms with Crippen LogP contribution in [-0.2, 0) is 11.3 Å². The van der Waals surface area contributed by atoms with E-state index in [-0.39, 0.29) is 11.8 Å². The lowest BCUT2D eigenvalue weighted by Gasteiger charge is -2.37. The highest BCUT2D eigenvalue weighted by Crippen LogP contribution is 2.37. The van der Waals surface area contributed by atoms with Gasteiger partial charge in [0, 0.05) is 31.6 Å². The monoisotopic (exact) mass is 300 g/mol. The smallest absolute Gasteiger partial charge is 0.254 e. The van der Waals surface area contributed by atoms with Crippen LogP contribution in [0.5, 0.6) is 0 Å². The zero-order valence-electron chi connectivity index (χ0n) is 13.2. The molecule has 0 aromatic heterocycles. The summed E-state index contributed by atoms with van der Waals surface area (Å²) in [4.78, 5) is 25.8. The average molecular weight is 300 g/mol. The molecule has 2 atom stereocenters. The molecule has 118 valence electrons. The fourth-order valence-electron chi connectivity index (χ4n) is 3.86. The summed E-state index contributed by atoms with van der Waals surface area (Å²) in [6.45, 7) is 2.91. The lowest BCUT2D eigenvalue weighted by Crippen LogP contribution is -2.46. The molecule has 1 saturated heterocycles. The molecule has 4 heteroatoms. The van der Waals surface area contributed by atoms with Gasteiger partial charge in [0.15, 0.2) is 0 Å². The molecular formula is C18H24N2O2. The summed E-state index contributed by atoms with van der Waals surface area (Å²) in [6.07, 6.45) is 6.12. The third-order valence-corrected chi connectivity index (χ3v) is 5.00. The average Bonchev–Trinajstić information content (AvgIpc) is 3.01. The van der Waals surface area contributed by atoms with Gasteiger partial charge in [0.05, 0.1) is 0 Å². The van der Waals surface area contributed by atoms with E-state index in [4.69, 9.17) is 0 Å². The highest BCUT2D eigenvalue weighted by molar-refractivity contribution is 5.94. The predicted molar refractivity (Wildman–Crippen MR) is 85.4 cm³/mol. The van der Waals surface area contributed by atoms with Gasteiger partial charge >= 0.3 is 0 Å². The van der Waals surface area contributed by atoms with Crippen LogP contribution < -0.4 is 5.32 Å². The number of rotatable bonds is 3. The normalized spacial score (nSPS) is 24.0. The van der Waals surface area contributed by atoms with Crippen LogP contribution in [0.4, 0.5) is 0 Å². The number of nitrogens with one attached hydrogen (secondary N) is 1. The van der Waals surface area contributed by atoms with E-state index in [0.717, 1.165) is 36.4 Å². The van der Waals surface area contributed by atoms with E-state index in [9.17, 15) is 9.59 Å². The fourth-order valence-corrected chi connectivity index (χ4v) is 3.86. The highest BCUT2D eigenvalue weighted by Gasteiger charge is 2.37. The van der Waals surface area contributed by atoms with Crippen molar-refractivity contribution in [2.24, 2.45) is 5.92 Å². The number of carbonyl (C=O) groups excluding carboxylic acids is 2. The zero-order chi connectivity index (χ0) is 15.5. The van der Waals surface area contributed by atoms with E-state index >= 15 is 0 Å². The molecule has 1 aliphatic heterocycles. The topological polar surface area (TPSA) is 49.4 Å². The summed E-state index contributed by atoms with van der Waals surface area (Å²) in [7, 11) is 0. The second-order valence-electron chi connectivity index (χ2n) is 6.51. The Morgan fingerprint density at radius 3 is 2.59 bits per heavy atom. The standard InChI is InChI=1S/C18H24N2O2/c1-13(21)19-12-14-7-9-16(10-8-14)18(22)20-11-3-5-15-4-2-6-17(15)20/h7-10,15,17H,2-6,11-12H2,1H3,(H,19,21)/t15-,17-/m1/s1. The van der Waals surface area contributed by atoms with Crippen LogP contribution in [0.25, 0.3) is 0 Å². The second kappa shape index (κ2) is 6.51. The molecule has 0 radical (unpaired) electrons. The molecule has 0 unspecified atom stereocenters. The van der Waals surface area contributed by atoms with Crippen LogP contribution in [0.3, 0.4) is 0 Å². The maximum atomic E-state index is 12.8. The number of amides is 2. The first-order valence-corrected chi connectivity index (χ1v) is 8.29. The van der Waals surface area contributed by atoms with E-state index in [0.29, 0.717) is 12.6 Å². The number of benzene rings is 1. The Morgan fingerprint density at radius 1 is 1.14 bits per heavy atom. The van der Waals surface area contributed by atoms with Crippen molar-refractivity contribution in [2.75, 3.05) is 6.54 Å². The van der Waals surface area contributed by atoms with Gasteiger partial charge in [-0.25, -0.2) is 0 Å². The van der Waals surface area contributed by atoms with E-state index in [1.54, 1.807) is 0 Å². The van der Waals surface area contributed by atoms with Crippen LogP contribution in [0.1, 0.15) is 54.9 Å². The van der Waals surface area contributed by atoms with Crippen molar-refractivity contribution < 1.29 is 9.59 Å². The van der Waals surface area contributed by atoms with Crippen LogP contribution in [-0.4, -0.2) is 29.3 Å². The summed E-state index contributed by atoms with van der Waals surface area (Å²) < 4.78 is 0. The van der Waals surface area contributed by atoms with Crippen LogP contribution in [0, 0.1) is 5.92 Å². The van der Waals surface area contributed by atoms with Gasteiger partial charge in [-0.05, 0) is 49.3 Å². The predicted octanol–water partition coefficient (Wildman–Crippen LogP) is 2.73. The van der Waals surface area contributed by atoms with Gasteiger partial charge in [0.1, 0.15) is 0 Å². The molecule has 3 rings (SSSR count). The SMILES string of the molecule is CC(=O)NCc1ccc(C(=O)N2CCC[C@H]3CCC[C@H]32)cc1. The Hall–Kier alpha value is -1.84. The minimum Gasteiger partial charge on any atom is -0.352 e. The number of fused-ring (bicyclic) bond motifs is 1. The number of hydrogen-bond acceptors (Lipinski definition) is 2. The largest absolute Gasteiger partial charge is 0.352 e. The van der Waals surface area contributed by atoms with Gasteiger partial charge in [0.2, 0.25) is 5.91 Å². The minimum atomic E-state index is -0.0410. The van der Waals surface area contributed by atoms with Crippen molar-refractivity contribution in [3.8, 4) is 0 Å². The summed E-state index contributed by atoms with van der Waals surface area (Å²) in [5.74, 6) is 0.847. The molecule has 1 aliphatic carbocycles. The van der Waals surface area contributed by atoms with Crippen LogP contribution in [0.15, 0.2) is 24.3 Å². The van der Waals surface area contributed by atoms with E-state index < -0.39 is 0 Å². The molecule has 22 heavy (non-hydrogen) atoms. The van der Waals surface area contributed by atoms with E-state index in [1.165, 1.54) is 26.2 Å². The van der Waals surface area contributed by atoms with E-state index in [2.05, 4.69) is 10.2 Å². The maximum Gasteiger partial charge on any atom is 0.254 e. The van der Waals surface area contributed by atoms with E-state index in [1.807, 2.05) is 24.3 Å². The first kappa shape index (κ1) is 15.1. The number of piperidine rings is 1. The molecule has 2 aliphatic rings. The first-order chi connectivity index (χ1) is 10.6. The third kappa shape index (κ3) is 3.16. The second-order valence-corrected chi connectivity index (χ2v) is 6.51. The Balaban J connectivity index is 1.67. The number of nitrogens with zero attached hydrogens (tertiary/aromatic N) is 1. The van der Waals surface area contributed by atoms with Crippen molar-refractivity contribution >= 4 is 11.8 Å². The number of carbonyl (C=O) groups is 2. The van der Waals surface area contributed by atoms with Crippen molar-refractivity contribution in [3.05, 3.63) is 35.4 Å². The third-order valence-electron chi connectivity index (χ3n) is 5.00. The number of likely N-dealkylation sites (tertiary alicyclic amines) is 1. The van der Waals surface area contributed by atoms with Crippen molar-refractivity contribution in [3.63, 3.8) is 0 Å². The Bertz CT molecular complexity index is 553. The van der Waals surface area contributed by atoms with Gasteiger partial charge in [0.25, 0.3) is 5.91 Å². The van der Waals surface area contributed by atoms with Gasteiger partial charge < -0.3 is 10.2 Å². The zero-order valence-corrected chi connectivity index (χ0v) is 13.2. The number of hydrogen-bond donors (Lipinski definition) is 1. The quantitative estimate of drug-likeness (QED) is 0.933. The molecule has 1 aromatic rings. The van der Waals surface area contributed by atoms with Gasteiger partial charge in [-0.15, -0.1) is 0 Å². The molecule has 1 N–H and O–H groups in total. The van der Waals surface area contributed by atoms with Crippen molar-refractivity contribution in [1.82, 2.24) is 10.2 Å². The van der Waals surface area contributed by atoms with Gasteiger partial charge in [-0.2, -0.15) is 0 Å². The van der Waals surface area contributed by atoms with Gasteiger partial charge in [-0.3, -0.25) is 9.59 Å². The Labute approximate surface area is 131 Å². The molecule has 0 bridgehead atoms. The summed E-state index contributed by atoms with van der Waals surface area (Å²) >= 11 is 0. The van der Waals surface area contributed by atoms with Gasteiger partial charge in [-0.1, -0.05) is 18.6 Å². The lowest BCUT2D eigenvalue weighted by molar-refractivity contribution is -0.119. The minimum absolute atomic E-state index is 0.0410. The highest BCUT2D eigenvalue weighted by atomic mass is 16.2.